The number of benzene rings is 2. The minimum Gasteiger partial charge on any atom is -0.382 e. The number of aromatic nitrogens is 3. The maximum Gasteiger partial charge on any atom is 0.319 e. The number of aryl methyl sites for hydroxylation is 1. The highest BCUT2D eigenvalue weighted by Gasteiger charge is 2.27. The van der Waals surface area contributed by atoms with Gasteiger partial charge in [-0.3, -0.25) is 0 Å². The van der Waals surface area contributed by atoms with Gasteiger partial charge in [0.2, 0.25) is 0 Å². The molecule has 0 bridgehead atoms. The summed E-state index contributed by atoms with van der Waals surface area (Å²) in [5.74, 6) is 0.995. The van der Waals surface area contributed by atoms with E-state index < -0.39 is 0 Å². The van der Waals surface area contributed by atoms with Crippen LogP contribution in [0.1, 0.15) is 43.0 Å². The number of hydrogen-bond donors (Lipinski definition) is 3. The van der Waals surface area contributed by atoms with Crippen molar-refractivity contribution < 1.29 is 4.79 Å². The number of nitrogens with one attached hydrogen (secondary N) is 2. The summed E-state index contributed by atoms with van der Waals surface area (Å²) in [6, 6.07) is 19.5. The van der Waals surface area contributed by atoms with Crippen LogP contribution >= 0.6 is 0 Å². The molecule has 1 fully saturated rings. The Bertz CT molecular complexity index is 1280. The summed E-state index contributed by atoms with van der Waals surface area (Å²) in [4.78, 5) is 17.3. The molecule has 7 nitrogen and oxygen atoms in total. The zero-order valence-electron chi connectivity index (χ0n) is 18.2. The lowest BCUT2D eigenvalue weighted by Crippen LogP contribution is -2.31. The second-order valence-electron chi connectivity index (χ2n) is 8.38. The number of nitrogen functional groups attached to an aromatic ring is 1. The van der Waals surface area contributed by atoms with E-state index in [1.165, 1.54) is 12.8 Å². The van der Waals surface area contributed by atoms with E-state index in [2.05, 4.69) is 21.8 Å². The lowest BCUT2D eigenvalue weighted by molar-refractivity contribution is 0.249. The van der Waals surface area contributed by atoms with E-state index in [0.717, 1.165) is 39.1 Å². The van der Waals surface area contributed by atoms with Crippen molar-refractivity contribution in [1.82, 2.24) is 20.1 Å². The fourth-order valence-electron chi connectivity index (χ4n) is 4.03. The molecule has 2 heterocycles. The molecule has 1 aliphatic carbocycles. The zero-order chi connectivity index (χ0) is 22.2. The number of carbonyl (C=O) groups is 1. The van der Waals surface area contributed by atoms with Crippen LogP contribution in [0.3, 0.4) is 0 Å². The zero-order valence-corrected chi connectivity index (χ0v) is 18.2. The summed E-state index contributed by atoms with van der Waals surface area (Å²) in [7, 11) is 1.87. The molecule has 0 aliphatic heterocycles. The second kappa shape index (κ2) is 8.00. The first-order valence-electron chi connectivity index (χ1n) is 10.9. The Morgan fingerprint density at radius 2 is 1.84 bits per heavy atom. The van der Waals surface area contributed by atoms with E-state index in [9.17, 15) is 4.79 Å². The van der Waals surface area contributed by atoms with Crippen molar-refractivity contribution in [2.45, 2.75) is 31.7 Å². The molecule has 32 heavy (non-hydrogen) atoms. The number of amides is 2. The van der Waals surface area contributed by atoms with Crippen molar-refractivity contribution in [3.8, 4) is 11.1 Å². The molecule has 2 aromatic carbocycles. The van der Waals surface area contributed by atoms with E-state index in [4.69, 9.17) is 10.7 Å². The van der Waals surface area contributed by atoms with Crippen molar-refractivity contribution >= 4 is 28.6 Å². The van der Waals surface area contributed by atoms with E-state index in [0.29, 0.717) is 11.7 Å². The van der Waals surface area contributed by atoms with Crippen LogP contribution in [0.5, 0.6) is 0 Å². The Morgan fingerprint density at radius 3 is 2.53 bits per heavy atom. The number of hydrogen-bond acceptors (Lipinski definition) is 4. The summed E-state index contributed by atoms with van der Waals surface area (Å²) in [5.41, 5.74) is 11.9. The van der Waals surface area contributed by atoms with Crippen LogP contribution in [-0.4, -0.2) is 20.8 Å². The Kier molecular flexibility index (Phi) is 5.01. The number of rotatable bonds is 5. The molecule has 7 heteroatoms. The number of nitrogens with zero attached hydrogens (tertiary/aromatic N) is 3. The molecule has 0 radical (unpaired) electrons. The summed E-state index contributed by atoms with van der Waals surface area (Å²) in [6.07, 6.45) is 2.34. The molecule has 0 spiro atoms. The van der Waals surface area contributed by atoms with Crippen LogP contribution in [-0.2, 0) is 7.05 Å². The highest BCUT2D eigenvalue weighted by molar-refractivity contribution is 6.00. The number of fused-ring (bicyclic) bond motifs is 1. The van der Waals surface area contributed by atoms with Crippen LogP contribution in [0.2, 0.25) is 0 Å². The highest BCUT2D eigenvalue weighted by Crippen LogP contribution is 2.42. The van der Waals surface area contributed by atoms with Gasteiger partial charge in [-0.05, 0) is 54.7 Å². The van der Waals surface area contributed by atoms with Gasteiger partial charge in [-0.15, -0.1) is 0 Å². The van der Waals surface area contributed by atoms with Gasteiger partial charge in [0.1, 0.15) is 0 Å². The van der Waals surface area contributed by atoms with Gasteiger partial charge in [-0.25, -0.2) is 14.5 Å². The Balaban J connectivity index is 1.37. The molecule has 1 saturated carbocycles. The van der Waals surface area contributed by atoms with E-state index in [1.54, 1.807) is 4.68 Å². The molecule has 0 saturated heterocycles. The third-order valence-corrected chi connectivity index (χ3v) is 5.94. The van der Waals surface area contributed by atoms with E-state index in [1.807, 2.05) is 68.6 Å². The van der Waals surface area contributed by atoms with Gasteiger partial charge >= 0.3 is 6.03 Å². The van der Waals surface area contributed by atoms with Gasteiger partial charge in [0, 0.05) is 24.3 Å². The molecule has 5 rings (SSSR count). The Labute approximate surface area is 186 Å². The monoisotopic (exact) mass is 426 g/mol. The third-order valence-electron chi connectivity index (χ3n) is 5.94. The van der Waals surface area contributed by atoms with Crippen molar-refractivity contribution in [2.24, 2.45) is 7.05 Å². The minimum atomic E-state index is -0.243. The van der Waals surface area contributed by atoms with Gasteiger partial charge in [-0.2, -0.15) is 5.10 Å². The van der Waals surface area contributed by atoms with Crippen LogP contribution in [0.4, 0.5) is 16.3 Å². The van der Waals surface area contributed by atoms with Crippen molar-refractivity contribution in [2.75, 3.05) is 11.1 Å². The molecule has 4 aromatic rings. The third kappa shape index (κ3) is 3.89. The van der Waals surface area contributed by atoms with Crippen LogP contribution in [0, 0.1) is 0 Å². The van der Waals surface area contributed by atoms with Crippen molar-refractivity contribution in [1.29, 1.82) is 0 Å². The number of pyridine rings is 1. The average molecular weight is 427 g/mol. The lowest BCUT2D eigenvalue weighted by Gasteiger charge is -2.15. The number of anilines is 2. The molecule has 4 N–H and O–H groups in total. The molecule has 0 unspecified atom stereocenters. The SMILES string of the molecule is C[C@@H](NC(=O)Nc1ccc(-c2cc(C3CC3)nc3c2c(N)nn3C)cc1)c1ccccc1. The predicted octanol–water partition coefficient (Wildman–Crippen LogP) is 4.98. The first-order valence-corrected chi connectivity index (χ1v) is 10.9. The number of urea groups is 1. The molecule has 1 aliphatic rings. The van der Waals surface area contributed by atoms with Crippen LogP contribution in [0.15, 0.2) is 60.7 Å². The van der Waals surface area contributed by atoms with Crippen molar-refractivity contribution in [3.05, 3.63) is 71.9 Å². The second-order valence-corrected chi connectivity index (χ2v) is 8.38. The number of carbonyl (C=O) groups excluding carboxylic acids is 1. The molecule has 162 valence electrons. The topological polar surface area (TPSA) is 97.9 Å². The fraction of sp³-hybridized carbons (Fsp3) is 0.240. The Hall–Kier alpha value is -3.87. The van der Waals surface area contributed by atoms with Gasteiger partial charge in [0.15, 0.2) is 11.5 Å². The quantitative estimate of drug-likeness (QED) is 0.419. The van der Waals surface area contributed by atoms with Crippen molar-refractivity contribution in [3.63, 3.8) is 0 Å². The van der Waals surface area contributed by atoms with Gasteiger partial charge in [0.25, 0.3) is 0 Å². The first-order chi connectivity index (χ1) is 15.5. The van der Waals surface area contributed by atoms with Gasteiger partial charge in [-0.1, -0.05) is 42.5 Å². The normalized spacial score (nSPS) is 14.3. The Morgan fingerprint density at radius 1 is 1.12 bits per heavy atom. The van der Waals surface area contributed by atoms with Crippen LogP contribution < -0.4 is 16.4 Å². The molecule has 1 atom stereocenters. The maximum atomic E-state index is 12.4. The largest absolute Gasteiger partial charge is 0.382 e. The molecular formula is C25H26N6O. The maximum absolute atomic E-state index is 12.4. The fourth-order valence-corrected chi connectivity index (χ4v) is 4.03. The average Bonchev–Trinajstić information content (AvgIpc) is 3.60. The summed E-state index contributed by atoms with van der Waals surface area (Å²) in [5, 5.41) is 11.1. The van der Waals surface area contributed by atoms with Gasteiger partial charge < -0.3 is 16.4 Å². The molecule has 2 amide bonds. The number of nitrogens with two attached hydrogens (primary N) is 1. The molecule has 2 aromatic heterocycles. The van der Waals surface area contributed by atoms with Gasteiger partial charge in [0.05, 0.1) is 11.4 Å². The smallest absolute Gasteiger partial charge is 0.319 e. The van der Waals surface area contributed by atoms with E-state index >= 15 is 0 Å². The van der Waals surface area contributed by atoms with E-state index in [-0.39, 0.29) is 12.1 Å². The summed E-state index contributed by atoms with van der Waals surface area (Å²) >= 11 is 0. The predicted molar refractivity (Wildman–Crippen MR) is 127 cm³/mol. The highest BCUT2D eigenvalue weighted by atomic mass is 16.2. The first kappa shape index (κ1) is 20.1. The van der Waals surface area contributed by atoms with Crippen LogP contribution in [0.25, 0.3) is 22.2 Å². The minimum absolute atomic E-state index is 0.0880. The summed E-state index contributed by atoms with van der Waals surface area (Å²) in [6.45, 7) is 1.96. The molecular weight excluding hydrogens is 400 g/mol. The lowest BCUT2D eigenvalue weighted by atomic mass is 10.0. The summed E-state index contributed by atoms with van der Waals surface area (Å²) < 4.78 is 1.74. The standard InChI is InChI=1S/C25H26N6O/c1-15(16-6-4-3-5-7-16)27-25(32)28-19-12-10-17(11-13-19)20-14-21(18-8-9-18)29-24-22(20)23(26)30-31(24)2/h3-7,10-15,18H,8-9H2,1-2H3,(H2,26,30)(H2,27,28,32)/t15-/m1/s1.